The number of rotatable bonds is 7. The minimum absolute atomic E-state index is 0.105. The lowest BCUT2D eigenvalue weighted by Gasteiger charge is -2.34. The fraction of sp³-hybridized carbons (Fsp3) is 0.250. The topological polar surface area (TPSA) is 99.1 Å². The standard InChI is InChI=1S/C28H26Cl2N4O6/c1-28(2)24(34-26(36)33(27(37)40-34)21-12-7-10-19(30)15-21)32(20-11-6-9-18(29)14-20)25(35)31(28)16-17-8-5-13-22(38-3)23(17)39-4/h5-15,24H,16H2,1-4H3/t24-/m0/s1. The summed E-state index contributed by atoms with van der Waals surface area (Å²) in [5, 5.41) is 0.729. The Morgan fingerprint density at radius 2 is 1.50 bits per heavy atom. The quantitative estimate of drug-likeness (QED) is 0.291. The van der Waals surface area contributed by atoms with Crippen molar-refractivity contribution in [2.75, 3.05) is 19.1 Å². The first-order valence-electron chi connectivity index (χ1n) is 12.3. The van der Waals surface area contributed by atoms with Gasteiger partial charge in [0.15, 0.2) is 17.7 Å². The van der Waals surface area contributed by atoms with Crippen molar-refractivity contribution >= 4 is 34.9 Å². The van der Waals surface area contributed by atoms with Crippen molar-refractivity contribution in [3.63, 3.8) is 0 Å². The molecule has 3 aromatic carbocycles. The number of carbonyl (C=O) groups is 1. The third-order valence-corrected chi connectivity index (χ3v) is 7.41. The van der Waals surface area contributed by atoms with E-state index in [1.54, 1.807) is 73.3 Å². The number of anilines is 1. The second-order valence-electron chi connectivity index (χ2n) is 9.68. The zero-order valence-electron chi connectivity index (χ0n) is 22.1. The van der Waals surface area contributed by atoms with Crippen molar-refractivity contribution in [1.29, 1.82) is 0 Å². The molecule has 1 atom stereocenters. The zero-order valence-corrected chi connectivity index (χ0v) is 23.6. The number of ether oxygens (including phenoxy) is 2. The van der Waals surface area contributed by atoms with Crippen molar-refractivity contribution in [1.82, 2.24) is 14.2 Å². The number of methoxy groups -OCH3 is 2. The summed E-state index contributed by atoms with van der Waals surface area (Å²) in [6.07, 6.45) is -1.07. The summed E-state index contributed by atoms with van der Waals surface area (Å²) >= 11 is 12.4. The second-order valence-corrected chi connectivity index (χ2v) is 10.6. The minimum Gasteiger partial charge on any atom is -0.493 e. The van der Waals surface area contributed by atoms with E-state index in [1.165, 1.54) is 25.2 Å². The Labute approximate surface area is 239 Å². The van der Waals surface area contributed by atoms with Crippen LogP contribution in [0.15, 0.2) is 80.8 Å². The SMILES string of the molecule is COc1cccc(CN2C(=O)N(c3cccc(Cl)c3)[C@@H](n3oc(=O)n(-c4cccc(Cl)c4)c3=O)C2(C)C)c1OC. The van der Waals surface area contributed by atoms with Gasteiger partial charge in [-0.15, -0.1) is 4.74 Å². The molecule has 10 nitrogen and oxygen atoms in total. The van der Waals surface area contributed by atoms with Gasteiger partial charge >= 0.3 is 17.5 Å². The van der Waals surface area contributed by atoms with Crippen LogP contribution in [0.3, 0.4) is 0 Å². The third-order valence-electron chi connectivity index (χ3n) is 6.94. The van der Waals surface area contributed by atoms with E-state index < -0.39 is 29.2 Å². The van der Waals surface area contributed by atoms with Crippen LogP contribution in [0.5, 0.6) is 11.5 Å². The summed E-state index contributed by atoms with van der Waals surface area (Å²) in [5.41, 5.74) is -0.528. The van der Waals surface area contributed by atoms with Gasteiger partial charge in [-0.05, 0) is 56.3 Å². The summed E-state index contributed by atoms with van der Waals surface area (Å²) in [4.78, 5) is 43.9. The van der Waals surface area contributed by atoms with E-state index in [0.717, 1.165) is 9.31 Å². The molecule has 2 heterocycles. The fourth-order valence-corrected chi connectivity index (χ4v) is 5.42. The molecule has 40 heavy (non-hydrogen) atoms. The second kappa shape index (κ2) is 10.4. The number of amides is 2. The number of halogens is 2. The predicted octanol–water partition coefficient (Wildman–Crippen LogP) is 5.34. The lowest BCUT2D eigenvalue weighted by atomic mass is 9.99. The summed E-state index contributed by atoms with van der Waals surface area (Å²) in [6, 6.07) is 17.9. The Hall–Kier alpha value is -4.15. The number of hydrogen-bond acceptors (Lipinski definition) is 6. The predicted molar refractivity (Wildman–Crippen MR) is 151 cm³/mol. The van der Waals surface area contributed by atoms with Crippen LogP contribution in [-0.4, -0.2) is 40.0 Å². The van der Waals surface area contributed by atoms with Crippen LogP contribution in [0, 0.1) is 0 Å². The van der Waals surface area contributed by atoms with E-state index in [2.05, 4.69) is 0 Å². The molecule has 12 heteroatoms. The Kier molecular flexibility index (Phi) is 7.16. The molecular formula is C28H26Cl2N4O6. The number of carbonyl (C=O) groups excluding carboxylic acids is 1. The van der Waals surface area contributed by atoms with Gasteiger partial charge < -0.3 is 18.9 Å². The molecule has 0 radical (unpaired) electrons. The van der Waals surface area contributed by atoms with Gasteiger partial charge in [0.25, 0.3) is 0 Å². The lowest BCUT2D eigenvalue weighted by Crippen LogP contribution is -2.46. The normalized spacial score (nSPS) is 16.4. The van der Waals surface area contributed by atoms with E-state index >= 15 is 0 Å². The molecule has 0 aliphatic carbocycles. The van der Waals surface area contributed by atoms with Crippen LogP contribution < -0.4 is 25.8 Å². The third kappa shape index (κ3) is 4.52. The molecule has 0 bridgehead atoms. The summed E-state index contributed by atoms with van der Waals surface area (Å²) in [7, 11) is 3.05. The molecule has 208 valence electrons. The van der Waals surface area contributed by atoms with Gasteiger partial charge in [0.1, 0.15) is 0 Å². The van der Waals surface area contributed by atoms with Gasteiger partial charge in [-0.1, -0.05) is 47.5 Å². The van der Waals surface area contributed by atoms with Crippen LogP contribution in [-0.2, 0) is 6.54 Å². The maximum atomic E-state index is 14.2. The van der Waals surface area contributed by atoms with E-state index in [1.807, 2.05) is 6.07 Å². The first-order valence-corrected chi connectivity index (χ1v) is 13.0. The van der Waals surface area contributed by atoms with Crippen LogP contribution >= 0.6 is 23.2 Å². The van der Waals surface area contributed by atoms with E-state index in [9.17, 15) is 14.4 Å². The molecule has 0 spiro atoms. The lowest BCUT2D eigenvalue weighted by molar-refractivity contribution is 0.0926. The number of aromatic nitrogens is 2. The van der Waals surface area contributed by atoms with Gasteiger partial charge in [-0.25, -0.2) is 14.4 Å². The summed E-state index contributed by atoms with van der Waals surface area (Å²) in [5.74, 6) is 0.0603. The number of nitrogens with zero attached hydrogens (tertiary/aromatic N) is 4. The van der Waals surface area contributed by atoms with Crippen LogP contribution in [0.1, 0.15) is 25.6 Å². The van der Waals surface area contributed by atoms with Gasteiger partial charge in [0, 0.05) is 21.3 Å². The summed E-state index contributed by atoms with van der Waals surface area (Å²) in [6.45, 7) is 3.68. The molecule has 1 aromatic heterocycles. The maximum Gasteiger partial charge on any atom is 0.447 e. The van der Waals surface area contributed by atoms with Crippen LogP contribution in [0.25, 0.3) is 5.69 Å². The molecule has 1 aliphatic rings. The van der Waals surface area contributed by atoms with Crippen molar-refractivity contribution in [3.8, 4) is 17.2 Å². The largest absolute Gasteiger partial charge is 0.493 e. The molecule has 1 saturated heterocycles. The van der Waals surface area contributed by atoms with Crippen LogP contribution in [0.4, 0.5) is 10.5 Å². The Balaban J connectivity index is 1.68. The average Bonchev–Trinajstić information content (AvgIpc) is 3.31. The first kappa shape index (κ1) is 27.4. The fourth-order valence-electron chi connectivity index (χ4n) is 5.05. The number of hydrogen-bond donors (Lipinski definition) is 0. The first-order chi connectivity index (χ1) is 19.1. The monoisotopic (exact) mass is 584 g/mol. The Bertz CT molecular complexity index is 1710. The molecule has 0 N–H and O–H groups in total. The Morgan fingerprint density at radius 3 is 2.12 bits per heavy atom. The molecular weight excluding hydrogens is 559 g/mol. The average molecular weight is 585 g/mol. The van der Waals surface area contributed by atoms with Gasteiger partial charge in [-0.2, -0.15) is 4.57 Å². The van der Waals surface area contributed by atoms with Crippen molar-refractivity contribution in [2.45, 2.75) is 32.1 Å². The molecule has 0 saturated carbocycles. The van der Waals surface area contributed by atoms with Crippen molar-refractivity contribution in [2.24, 2.45) is 0 Å². The molecule has 2 amide bonds. The Morgan fingerprint density at radius 1 is 0.875 bits per heavy atom. The molecule has 1 aliphatic heterocycles. The van der Waals surface area contributed by atoms with E-state index in [4.69, 9.17) is 37.2 Å². The maximum absolute atomic E-state index is 14.2. The number of benzene rings is 3. The highest BCUT2D eigenvalue weighted by molar-refractivity contribution is 6.31. The highest BCUT2D eigenvalue weighted by atomic mass is 35.5. The highest BCUT2D eigenvalue weighted by Gasteiger charge is 2.55. The van der Waals surface area contributed by atoms with E-state index in [0.29, 0.717) is 32.8 Å². The molecule has 4 aromatic rings. The van der Waals surface area contributed by atoms with Gasteiger partial charge in [-0.3, -0.25) is 4.90 Å². The minimum atomic E-state index is -1.09. The van der Waals surface area contributed by atoms with Crippen molar-refractivity contribution in [3.05, 3.63) is 103 Å². The van der Waals surface area contributed by atoms with Gasteiger partial charge in [0.05, 0.1) is 32.0 Å². The molecule has 1 fully saturated rings. The highest BCUT2D eigenvalue weighted by Crippen LogP contribution is 2.44. The molecule has 0 unspecified atom stereocenters. The van der Waals surface area contributed by atoms with Crippen molar-refractivity contribution < 1.29 is 18.8 Å². The molecule has 5 rings (SSSR count). The van der Waals surface area contributed by atoms with Crippen LogP contribution in [0.2, 0.25) is 10.0 Å². The van der Waals surface area contributed by atoms with Gasteiger partial charge in [0.2, 0.25) is 0 Å². The smallest absolute Gasteiger partial charge is 0.447 e. The zero-order chi connectivity index (χ0) is 28.8. The number of urea groups is 1. The number of para-hydroxylation sites is 1. The summed E-state index contributed by atoms with van der Waals surface area (Å²) < 4.78 is 18.4. The van der Waals surface area contributed by atoms with E-state index in [-0.39, 0.29) is 12.2 Å².